The molecule has 0 bridgehead atoms. The van der Waals surface area contributed by atoms with Gasteiger partial charge in [0.25, 0.3) is 11.5 Å². The van der Waals surface area contributed by atoms with Gasteiger partial charge in [0.2, 0.25) is 6.79 Å². The van der Waals surface area contributed by atoms with Crippen LogP contribution in [0.25, 0.3) is 11.0 Å². The van der Waals surface area contributed by atoms with Crippen molar-refractivity contribution in [2.45, 2.75) is 19.6 Å². The number of nitrogens with zero attached hydrogens (tertiary/aromatic N) is 2. The van der Waals surface area contributed by atoms with Crippen LogP contribution in [0.15, 0.2) is 46.1 Å². The summed E-state index contributed by atoms with van der Waals surface area (Å²) in [6.45, 7) is 1.85. The summed E-state index contributed by atoms with van der Waals surface area (Å²) in [5.41, 5.74) is -0.815. The number of fused-ring (bicyclic) bond motifs is 2. The monoisotopic (exact) mass is 398 g/mol. The van der Waals surface area contributed by atoms with Crippen LogP contribution >= 0.6 is 0 Å². The van der Waals surface area contributed by atoms with Crippen molar-refractivity contribution in [3.63, 3.8) is 0 Å². The molecule has 150 valence electrons. The number of H-pyrrole nitrogens is 1. The highest BCUT2D eigenvalue weighted by Crippen LogP contribution is 2.35. The molecule has 0 unspecified atom stereocenters. The van der Waals surface area contributed by atoms with Gasteiger partial charge in [0.15, 0.2) is 17.6 Å². The van der Waals surface area contributed by atoms with Gasteiger partial charge in [0.05, 0.1) is 5.39 Å². The first-order valence-electron chi connectivity index (χ1n) is 8.95. The molecule has 1 aromatic carbocycles. The van der Waals surface area contributed by atoms with Crippen molar-refractivity contribution in [1.82, 2.24) is 19.9 Å². The smallest absolute Gasteiger partial charge is 0.330 e. The molecule has 0 spiro atoms. The van der Waals surface area contributed by atoms with E-state index < -0.39 is 17.4 Å². The molecule has 0 saturated heterocycles. The van der Waals surface area contributed by atoms with Gasteiger partial charge < -0.3 is 19.5 Å². The van der Waals surface area contributed by atoms with Gasteiger partial charge in [-0.25, -0.2) is 9.78 Å². The number of rotatable bonds is 6. The molecule has 1 aliphatic heterocycles. The van der Waals surface area contributed by atoms with Crippen LogP contribution in [0.1, 0.15) is 6.92 Å². The van der Waals surface area contributed by atoms with Crippen molar-refractivity contribution in [1.29, 1.82) is 0 Å². The average molecular weight is 398 g/mol. The molecule has 10 nitrogen and oxygen atoms in total. The maximum atomic E-state index is 12.4. The van der Waals surface area contributed by atoms with Crippen LogP contribution < -0.4 is 30.8 Å². The molecule has 0 radical (unpaired) electrons. The minimum absolute atomic E-state index is 0.0154. The maximum Gasteiger partial charge on any atom is 0.330 e. The summed E-state index contributed by atoms with van der Waals surface area (Å²) in [6.07, 6.45) is 0.704. The lowest BCUT2D eigenvalue weighted by Crippen LogP contribution is -2.42. The third-order valence-electron chi connectivity index (χ3n) is 4.41. The Balaban J connectivity index is 1.37. The van der Waals surface area contributed by atoms with Gasteiger partial charge in [0, 0.05) is 25.4 Å². The minimum atomic E-state index is -0.786. The quantitative estimate of drug-likeness (QED) is 0.616. The second-order valence-corrected chi connectivity index (χ2v) is 6.35. The van der Waals surface area contributed by atoms with Gasteiger partial charge in [0.1, 0.15) is 11.4 Å². The van der Waals surface area contributed by atoms with Crippen LogP contribution in [-0.4, -0.2) is 39.9 Å². The fourth-order valence-electron chi connectivity index (χ4n) is 2.93. The number of nitrogens with one attached hydrogen (secondary N) is 2. The van der Waals surface area contributed by atoms with E-state index in [0.29, 0.717) is 22.6 Å². The van der Waals surface area contributed by atoms with E-state index in [1.807, 2.05) is 0 Å². The van der Waals surface area contributed by atoms with Gasteiger partial charge in [-0.3, -0.25) is 19.1 Å². The number of aromatic nitrogens is 3. The van der Waals surface area contributed by atoms with Crippen molar-refractivity contribution in [3.05, 3.63) is 57.4 Å². The zero-order valence-electron chi connectivity index (χ0n) is 15.5. The zero-order valence-corrected chi connectivity index (χ0v) is 15.5. The number of carbonyl (C=O) groups excluding carboxylic acids is 1. The van der Waals surface area contributed by atoms with E-state index in [-0.39, 0.29) is 31.4 Å². The van der Waals surface area contributed by atoms with Crippen molar-refractivity contribution in [2.75, 3.05) is 13.3 Å². The van der Waals surface area contributed by atoms with Gasteiger partial charge >= 0.3 is 5.69 Å². The van der Waals surface area contributed by atoms with Crippen molar-refractivity contribution >= 4 is 16.9 Å². The molecular formula is C19H18N4O6. The van der Waals surface area contributed by atoms with Crippen molar-refractivity contribution in [3.8, 4) is 17.2 Å². The number of amides is 1. The first-order valence-corrected chi connectivity index (χ1v) is 8.95. The molecule has 29 heavy (non-hydrogen) atoms. The summed E-state index contributed by atoms with van der Waals surface area (Å²) in [6, 6.07) is 8.23. The Bertz CT molecular complexity index is 1190. The highest BCUT2D eigenvalue weighted by atomic mass is 16.7. The van der Waals surface area contributed by atoms with Crippen LogP contribution in [-0.2, 0) is 11.3 Å². The van der Waals surface area contributed by atoms with E-state index >= 15 is 0 Å². The second-order valence-electron chi connectivity index (χ2n) is 6.35. The summed E-state index contributed by atoms with van der Waals surface area (Å²) < 4.78 is 17.1. The van der Waals surface area contributed by atoms with Crippen LogP contribution in [0.2, 0.25) is 0 Å². The van der Waals surface area contributed by atoms with E-state index in [0.717, 1.165) is 4.57 Å². The molecule has 0 fully saturated rings. The van der Waals surface area contributed by atoms with E-state index in [2.05, 4.69) is 15.3 Å². The molecule has 1 atom stereocenters. The van der Waals surface area contributed by atoms with E-state index in [1.54, 1.807) is 37.3 Å². The highest BCUT2D eigenvalue weighted by molar-refractivity contribution is 5.80. The fraction of sp³-hybridized carbons (Fsp3) is 0.263. The van der Waals surface area contributed by atoms with E-state index in [4.69, 9.17) is 14.2 Å². The lowest BCUT2D eigenvalue weighted by Gasteiger charge is -2.15. The van der Waals surface area contributed by atoms with Gasteiger partial charge in [-0.2, -0.15) is 0 Å². The minimum Gasteiger partial charge on any atom is -0.481 e. The fourth-order valence-corrected chi connectivity index (χ4v) is 2.93. The van der Waals surface area contributed by atoms with Crippen molar-refractivity contribution < 1.29 is 19.0 Å². The first-order chi connectivity index (χ1) is 14.0. The molecule has 3 aromatic rings. The van der Waals surface area contributed by atoms with E-state index in [9.17, 15) is 14.4 Å². The number of pyridine rings is 1. The number of benzene rings is 1. The van der Waals surface area contributed by atoms with Crippen LogP contribution in [0.4, 0.5) is 0 Å². The maximum absolute atomic E-state index is 12.4. The standard InChI is InChI=1S/C19H18N4O6/c1-11(29-12-4-5-14-15(9-12)28-10-27-14)17(24)21-7-8-23-18(25)13-3-2-6-20-16(13)22-19(23)26/h2-6,9,11H,7-8,10H2,1H3,(H,21,24)(H,20,22,26)/t11-/m1/s1. The summed E-state index contributed by atoms with van der Waals surface area (Å²) in [4.78, 5) is 43.3. The van der Waals surface area contributed by atoms with Crippen molar-refractivity contribution in [2.24, 2.45) is 0 Å². The number of hydrogen-bond donors (Lipinski definition) is 2. The summed E-state index contributed by atoms with van der Waals surface area (Å²) in [5.74, 6) is 1.26. The molecule has 1 aliphatic rings. The number of aromatic amines is 1. The Morgan fingerprint density at radius 1 is 1.31 bits per heavy atom. The third kappa shape index (κ3) is 3.77. The van der Waals surface area contributed by atoms with E-state index in [1.165, 1.54) is 6.20 Å². The Morgan fingerprint density at radius 3 is 3.00 bits per heavy atom. The lowest BCUT2D eigenvalue weighted by atomic mass is 10.3. The Morgan fingerprint density at radius 2 is 2.14 bits per heavy atom. The predicted octanol–water partition coefficient (Wildman–Crippen LogP) is 0.397. The van der Waals surface area contributed by atoms with Crippen LogP contribution in [0, 0.1) is 0 Å². The highest BCUT2D eigenvalue weighted by Gasteiger charge is 2.18. The van der Waals surface area contributed by atoms with Gasteiger partial charge in [-0.05, 0) is 31.2 Å². The average Bonchev–Trinajstić information content (AvgIpc) is 3.18. The summed E-state index contributed by atoms with van der Waals surface area (Å²) in [5, 5.41) is 2.96. The Labute approximate surface area is 164 Å². The third-order valence-corrected chi connectivity index (χ3v) is 4.41. The lowest BCUT2D eigenvalue weighted by molar-refractivity contribution is -0.127. The molecule has 2 aromatic heterocycles. The number of carbonyl (C=O) groups is 1. The molecule has 3 heterocycles. The Kier molecular flexibility index (Phi) is 4.90. The second kappa shape index (κ2) is 7.66. The SMILES string of the molecule is C[C@@H](Oc1ccc2c(c1)OCO2)C(=O)NCCn1c(=O)[nH]c2ncccc2c1=O. The summed E-state index contributed by atoms with van der Waals surface area (Å²) >= 11 is 0. The Hall–Kier alpha value is -3.82. The molecule has 10 heteroatoms. The van der Waals surface area contributed by atoms with Crippen LogP contribution in [0.5, 0.6) is 17.2 Å². The number of ether oxygens (including phenoxy) is 3. The normalized spacial score (nSPS) is 13.3. The molecule has 4 rings (SSSR count). The number of hydrogen-bond acceptors (Lipinski definition) is 7. The predicted molar refractivity (Wildman–Crippen MR) is 102 cm³/mol. The molecule has 1 amide bonds. The van der Waals surface area contributed by atoms with Crippen LogP contribution in [0.3, 0.4) is 0 Å². The first kappa shape index (κ1) is 18.5. The van der Waals surface area contributed by atoms with Gasteiger partial charge in [-0.15, -0.1) is 0 Å². The topological polar surface area (TPSA) is 125 Å². The zero-order chi connectivity index (χ0) is 20.4. The van der Waals surface area contributed by atoms with Gasteiger partial charge in [-0.1, -0.05) is 0 Å². The molecular weight excluding hydrogens is 380 g/mol. The molecule has 0 aliphatic carbocycles. The largest absolute Gasteiger partial charge is 0.481 e. The molecule has 0 saturated carbocycles. The molecule has 2 N–H and O–H groups in total. The summed E-state index contributed by atoms with van der Waals surface area (Å²) in [7, 11) is 0.